The standard InChI is InChI=1S/C23H23N5O4.ClH/c1-27-5-7-28(8-6-27)19-4-3-14(10-20(19)31-2)15-9-16-17(12-25-21(16)24-11-15)22-26-18(13-32-22)23(29)30;/h3-4,9-13H,5-8H2,1-2H3,(H,24,25)(H,29,30);1H. The molecule has 0 amide bonds. The van der Waals surface area contributed by atoms with E-state index in [9.17, 15) is 4.79 Å². The van der Waals surface area contributed by atoms with Crippen molar-refractivity contribution >= 4 is 35.1 Å². The number of carbonyl (C=O) groups is 1. The fourth-order valence-electron chi connectivity index (χ4n) is 4.00. The average Bonchev–Trinajstić information content (AvgIpc) is 3.46. The van der Waals surface area contributed by atoms with Gasteiger partial charge in [-0.2, -0.15) is 0 Å². The maximum Gasteiger partial charge on any atom is 0.357 e. The molecule has 0 saturated carbocycles. The molecule has 2 N–H and O–H groups in total. The number of hydrogen-bond acceptors (Lipinski definition) is 7. The van der Waals surface area contributed by atoms with Crippen molar-refractivity contribution in [3.05, 3.63) is 48.6 Å². The van der Waals surface area contributed by atoms with Gasteiger partial charge >= 0.3 is 5.97 Å². The van der Waals surface area contributed by atoms with E-state index in [1.54, 1.807) is 19.5 Å². The molecule has 4 heterocycles. The summed E-state index contributed by atoms with van der Waals surface area (Å²) in [7, 11) is 3.82. The Bertz CT molecular complexity index is 1290. The van der Waals surface area contributed by atoms with Crippen molar-refractivity contribution < 1.29 is 19.1 Å². The third kappa shape index (κ3) is 4.24. The number of likely N-dealkylation sites (N-methyl/N-ethyl adjacent to an activating group) is 1. The number of rotatable bonds is 5. The number of aromatic carboxylic acids is 1. The van der Waals surface area contributed by atoms with Gasteiger partial charge < -0.3 is 29.0 Å². The van der Waals surface area contributed by atoms with Gasteiger partial charge in [0.15, 0.2) is 5.69 Å². The Morgan fingerprint density at radius 2 is 1.97 bits per heavy atom. The smallest absolute Gasteiger partial charge is 0.357 e. The van der Waals surface area contributed by atoms with Gasteiger partial charge in [-0.3, -0.25) is 0 Å². The van der Waals surface area contributed by atoms with Crippen LogP contribution in [0.15, 0.2) is 47.3 Å². The number of ether oxygens (including phenoxy) is 1. The third-order valence-electron chi connectivity index (χ3n) is 5.84. The highest BCUT2D eigenvalue weighted by Crippen LogP contribution is 2.36. The van der Waals surface area contributed by atoms with Crippen LogP contribution in [-0.4, -0.2) is 71.3 Å². The van der Waals surface area contributed by atoms with Crippen LogP contribution in [0.25, 0.3) is 33.6 Å². The summed E-state index contributed by atoms with van der Waals surface area (Å²) in [6.45, 7) is 3.96. The predicted molar refractivity (Wildman–Crippen MR) is 127 cm³/mol. The van der Waals surface area contributed by atoms with E-state index < -0.39 is 5.97 Å². The van der Waals surface area contributed by atoms with Gasteiger partial charge in [0.2, 0.25) is 5.89 Å². The van der Waals surface area contributed by atoms with Crippen molar-refractivity contribution in [1.29, 1.82) is 0 Å². The van der Waals surface area contributed by atoms with E-state index >= 15 is 0 Å². The molecule has 1 fully saturated rings. The average molecular weight is 470 g/mol. The zero-order valence-electron chi connectivity index (χ0n) is 18.2. The minimum atomic E-state index is -1.13. The second-order valence-corrected chi connectivity index (χ2v) is 7.84. The van der Waals surface area contributed by atoms with Gasteiger partial charge in [-0.1, -0.05) is 6.07 Å². The van der Waals surface area contributed by atoms with Crippen molar-refractivity contribution in [3.63, 3.8) is 0 Å². The Morgan fingerprint density at radius 1 is 1.18 bits per heavy atom. The lowest BCUT2D eigenvalue weighted by atomic mass is 10.0. The first-order valence-electron chi connectivity index (χ1n) is 10.3. The van der Waals surface area contributed by atoms with Crippen LogP contribution in [0, 0.1) is 0 Å². The van der Waals surface area contributed by atoms with Crippen LogP contribution in [0.3, 0.4) is 0 Å². The number of H-pyrrole nitrogens is 1. The van der Waals surface area contributed by atoms with E-state index in [1.165, 1.54) is 0 Å². The molecule has 172 valence electrons. The molecule has 9 nitrogen and oxygen atoms in total. The van der Waals surface area contributed by atoms with Gasteiger partial charge in [-0.15, -0.1) is 12.4 Å². The SMILES string of the molecule is COc1cc(-c2cnc3[nH]cc(-c4nc(C(=O)O)co4)c3c2)ccc1N1CCN(C)CC1.Cl. The van der Waals surface area contributed by atoms with Crippen molar-refractivity contribution in [3.8, 4) is 28.3 Å². The molecule has 1 aromatic carbocycles. The number of carboxylic acids is 1. The number of piperazine rings is 1. The number of hydrogen-bond donors (Lipinski definition) is 2. The summed E-state index contributed by atoms with van der Waals surface area (Å²) < 4.78 is 11.1. The molecule has 4 aromatic rings. The monoisotopic (exact) mass is 469 g/mol. The Hall–Kier alpha value is -3.56. The minimum Gasteiger partial charge on any atom is -0.495 e. The maximum atomic E-state index is 11.1. The number of halogens is 1. The number of nitrogens with one attached hydrogen (secondary N) is 1. The molecule has 5 rings (SSSR count). The molecule has 33 heavy (non-hydrogen) atoms. The number of nitrogens with zero attached hydrogens (tertiary/aromatic N) is 4. The third-order valence-corrected chi connectivity index (χ3v) is 5.84. The zero-order valence-corrected chi connectivity index (χ0v) is 19.1. The van der Waals surface area contributed by atoms with E-state index in [0.717, 1.165) is 60.4 Å². The second kappa shape index (κ2) is 9.13. The van der Waals surface area contributed by atoms with E-state index in [0.29, 0.717) is 11.2 Å². The van der Waals surface area contributed by atoms with Gasteiger partial charge in [0.25, 0.3) is 0 Å². The van der Waals surface area contributed by atoms with E-state index in [-0.39, 0.29) is 24.0 Å². The summed E-state index contributed by atoms with van der Waals surface area (Å²) >= 11 is 0. The topological polar surface area (TPSA) is 108 Å². The fourth-order valence-corrected chi connectivity index (χ4v) is 4.00. The number of anilines is 1. The first kappa shape index (κ1) is 22.6. The van der Waals surface area contributed by atoms with Gasteiger partial charge in [-0.05, 0) is 30.8 Å². The zero-order chi connectivity index (χ0) is 22.2. The maximum absolute atomic E-state index is 11.1. The predicted octanol–water partition coefficient (Wildman–Crippen LogP) is 3.77. The molecule has 0 atom stereocenters. The summed E-state index contributed by atoms with van der Waals surface area (Å²) in [6.07, 6.45) is 4.65. The summed E-state index contributed by atoms with van der Waals surface area (Å²) in [5, 5.41) is 9.92. The van der Waals surface area contributed by atoms with Crippen molar-refractivity contribution in [2.24, 2.45) is 0 Å². The van der Waals surface area contributed by atoms with Crippen LogP contribution in [0.4, 0.5) is 5.69 Å². The first-order valence-corrected chi connectivity index (χ1v) is 10.3. The van der Waals surface area contributed by atoms with Crippen molar-refractivity contribution in [1.82, 2.24) is 19.9 Å². The molecule has 0 aliphatic carbocycles. The molecule has 0 spiro atoms. The fraction of sp³-hybridized carbons (Fsp3) is 0.261. The number of benzene rings is 1. The molecule has 0 radical (unpaired) electrons. The molecular formula is C23H24ClN5O4. The van der Waals surface area contributed by atoms with Crippen LogP contribution in [-0.2, 0) is 0 Å². The molecular weight excluding hydrogens is 446 g/mol. The van der Waals surface area contributed by atoms with Crippen LogP contribution in [0.2, 0.25) is 0 Å². The largest absolute Gasteiger partial charge is 0.495 e. The number of pyridine rings is 1. The van der Waals surface area contributed by atoms with Crippen molar-refractivity contribution in [2.45, 2.75) is 0 Å². The second-order valence-electron chi connectivity index (χ2n) is 7.84. The van der Waals surface area contributed by atoms with Crippen LogP contribution >= 0.6 is 12.4 Å². The van der Waals surface area contributed by atoms with Gasteiger partial charge in [-0.25, -0.2) is 14.8 Å². The Labute approximate surface area is 196 Å². The lowest BCUT2D eigenvalue weighted by molar-refractivity contribution is 0.0690. The quantitative estimate of drug-likeness (QED) is 0.455. The van der Waals surface area contributed by atoms with Gasteiger partial charge in [0.05, 0.1) is 18.4 Å². The van der Waals surface area contributed by atoms with Gasteiger partial charge in [0.1, 0.15) is 17.7 Å². The molecule has 1 aliphatic heterocycles. The highest BCUT2D eigenvalue weighted by Gasteiger charge is 2.19. The van der Waals surface area contributed by atoms with Crippen molar-refractivity contribution in [2.75, 3.05) is 45.2 Å². The van der Waals surface area contributed by atoms with Crippen LogP contribution in [0.5, 0.6) is 5.75 Å². The van der Waals surface area contributed by atoms with E-state index in [4.69, 9.17) is 14.3 Å². The van der Waals surface area contributed by atoms with Gasteiger partial charge in [0, 0.05) is 49.5 Å². The molecule has 0 bridgehead atoms. The summed E-state index contributed by atoms with van der Waals surface area (Å²) in [5.74, 6) is -0.0815. The van der Waals surface area contributed by atoms with Crippen LogP contribution in [0.1, 0.15) is 10.5 Å². The summed E-state index contributed by atoms with van der Waals surface area (Å²) in [6, 6.07) is 8.17. The number of methoxy groups -OCH3 is 1. The van der Waals surface area contributed by atoms with E-state index in [1.807, 2.05) is 12.1 Å². The molecule has 0 unspecified atom stereocenters. The number of fused-ring (bicyclic) bond motifs is 1. The molecule has 3 aromatic heterocycles. The first-order chi connectivity index (χ1) is 15.5. The Kier molecular flexibility index (Phi) is 6.26. The number of oxazole rings is 1. The lowest BCUT2D eigenvalue weighted by Gasteiger charge is -2.34. The number of aromatic amines is 1. The Morgan fingerprint density at radius 3 is 2.67 bits per heavy atom. The number of carboxylic acid groups (broad SMARTS) is 1. The molecule has 1 aliphatic rings. The minimum absolute atomic E-state index is 0. The van der Waals surface area contributed by atoms with E-state index in [2.05, 4.69) is 43.9 Å². The molecule has 1 saturated heterocycles. The summed E-state index contributed by atoms with van der Waals surface area (Å²) in [5.41, 5.74) is 4.15. The highest BCUT2D eigenvalue weighted by atomic mass is 35.5. The summed E-state index contributed by atoms with van der Waals surface area (Å²) in [4.78, 5) is 27.5. The highest BCUT2D eigenvalue weighted by molar-refractivity contribution is 5.94. The lowest BCUT2D eigenvalue weighted by Crippen LogP contribution is -2.44. The number of aromatic nitrogens is 3. The Balaban J connectivity index is 0.00000259. The van der Waals surface area contributed by atoms with Crippen LogP contribution < -0.4 is 9.64 Å². The molecule has 10 heteroatoms. The normalized spacial score (nSPS) is 14.3.